The van der Waals surface area contributed by atoms with Gasteiger partial charge < -0.3 is 9.80 Å². The molecule has 1 N–H and O–H groups in total. The van der Waals surface area contributed by atoms with Crippen molar-refractivity contribution >= 4 is 21.4 Å². The molecule has 0 bridgehead atoms. The van der Waals surface area contributed by atoms with E-state index in [0.717, 1.165) is 43.0 Å². The van der Waals surface area contributed by atoms with E-state index in [4.69, 9.17) is 0 Å². The summed E-state index contributed by atoms with van der Waals surface area (Å²) in [6.07, 6.45) is 0.790. The number of aryl methyl sites for hydroxylation is 1. The van der Waals surface area contributed by atoms with Crippen molar-refractivity contribution in [3.63, 3.8) is 0 Å². The van der Waals surface area contributed by atoms with Crippen LogP contribution >= 0.6 is 0 Å². The first-order chi connectivity index (χ1) is 13.4. The molecule has 0 saturated heterocycles. The number of nitrogens with zero attached hydrogens (tertiary/aromatic N) is 2. The predicted octanol–water partition coefficient (Wildman–Crippen LogP) is 4.16. The quantitative estimate of drug-likeness (QED) is 0.572. The van der Waals surface area contributed by atoms with Crippen LogP contribution in [0.15, 0.2) is 53.4 Å². The predicted molar refractivity (Wildman–Crippen MR) is 118 cm³/mol. The van der Waals surface area contributed by atoms with Crippen molar-refractivity contribution < 1.29 is 8.42 Å². The zero-order valence-electron chi connectivity index (χ0n) is 17.5. The van der Waals surface area contributed by atoms with E-state index in [2.05, 4.69) is 28.4 Å². The molecule has 0 spiro atoms. The van der Waals surface area contributed by atoms with Crippen LogP contribution < -0.4 is 9.62 Å². The lowest BCUT2D eigenvalue weighted by Gasteiger charge is -2.27. The summed E-state index contributed by atoms with van der Waals surface area (Å²) in [6, 6.07) is 15.4. The minimum atomic E-state index is -3.60. The Balaban J connectivity index is 2.26. The zero-order valence-corrected chi connectivity index (χ0v) is 18.3. The third-order valence-electron chi connectivity index (χ3n) is 4.98. The lowest BCUT2D eigenvalue weighted by molar-refractivity contribution is 0.300. The first-order valence-electron chi connectivity index (χ1n) is 10.1. The Hall–Kier alpha value is -1.89. The Morgan fingerprint density at radius 1 is 0.893 bits per heavy atom. The van der Waals surface area contributed by atoms with E-state index in [1.54, 1.807) is 6.07 Å². The van der Waals surface area contributed by atoms with Gasteiger partial charge in [-0.3, -0.25) is 0 Å². The zero-order chi connectivity index (χ0) is 20.6. The number of para-hydroxylation sites is 2. The third-order valence-corrected chi connectivity index (χ3v) is 6.47. The van der Waals surface area contributed by atoms with Crippen LogP contribution in [0.4, 0.5) is 11.4 Å². The summed E-state index contributed by atoms with van der Waals surface area (Å²) >= 11 is 0. The van der Waals surface area contributed by atoms with Gasteiger partial charge in [0, 0.05) is 18.8 Å². The van der Waals surface area contributed by atoms with Crippen molar-refractivity contribution in [3.05, 3.63) is 54.1 Å². The monoisotopic (exact) mass is 403 g/mol. The highest BCUT2D eigenvalue weighted by molar-refractivity contribution is 7.89. The molecule has 0 fully saturated rings. The lowest BCUT2D eigenvalue weighted by atomic mass is 10.1. The van der Waals surface area contributed by atoms with Crippen molar-refractivity contribution in [3.8, 4) is 0 Å². The second kappa shape index (κ2) is 10.6. The average Bonchev–Trinajstić information content (AvgIpc) is 2.70. The van der Waals surface area contributed by atoms with Crippen LogP contribution in [0.3, 0.4) is 0 Å². The first-order valence-corrected chi connectivity index (χ1v) is 11.6. The molecule has 0 aliphatic heterocycles. The molecule has 0 radical (unpaired) electrons. The molecule has 0 aliphatic carbocycles. The van der Waals surface area contributed by atoms with Crippen molar-refractivity contribution in [2.75, 3.05) is 37.6 Å². The van der Waals surface area contributed by atoms with Gasteiger partial charge in [-0.1, -0.05) is 44.2 Å². The van der Waals surface area contributed by atoms with Crippen LogP contribution in [-0.2, 0) is 10.0 Å². The molecule has 0 unspecified atom stereocenters. The van der Waals surface area contributed by atoms with Crippen LogP contribution in [0, 0.1) is 6.92 Å². The van der Waals surface area contributed by atoms with Crippen LogP contribution in [0.1, 0.15) is 32.8 Å². The van der Waals surface area contributed by atoms with E-state index in [1.807, 2.05) is 56.3 Å². The summed E-state index contributed by atoms with van der Waals surface area (Å²) in [4.78, 5) is 4.68. The van der Waals surface area contributed by atoms with E-state index >= 15 is 0 Å². The maximum atomic E-state index is 13.1. The molecule has 0 aliphatic rings. The number of anilines is 2. The number of rotatable bonds is 11. The maximum absolute atomic E-state index is 13.1. The second-order valence-electron chi connectivity index (χ2n) is 6.78. The summed E-state index contributed by atoms with van der Waals surface area (Å²) < 4.78 is 29.0. The number of hydrogen-bond donors (Lipinski definition) is 1. The smallest absolute Gasteiger partial charge is 0.242 e. The number of benzene rings is 2. The van der Waals surface area contributed by atoms with E-state index < -0.39 is 10.0 Å². The average molecular weight is 404 g/mol. The van der Waals surface area contributed by atoms with Gasteiger partial charge in [-0.25, -0.2) is 13.1 Å². The van der Waals surface area contributed by atoms with Crippen LogP contribution in [0.5, 0.6) is 0 Å². The van der Waals surface area contributed by atoms with Crippen molar-refractivity contribution in [2.45, 2.75) is 39.0 Å². The van der Waals surface area contributed by atoms with Gasteiger partial charge in [-0.2, -0.15) is 0 Å². The van der Waals surface area contributed by atoms with Crippen LogP contribution in [0.2, 0.25) is 0 Å². The molecule has 6 heteroatoms. The molecule has 0 atom stereocenters. The summed E-state index contributed by atoms with van der Waals surface area (Å²) in [7, 11) is -3.60. The third kappa shape index (κ3) is 5.56. The Morgan fingerprint density at radius 3 is 2.18 bits per heavy atom. The van der Waals surface area contributed by atoms with E-state index in [1.165, 1.54) is 0 Å². The maximum Gasteiger partial charge on any atom is 0.242 e. The molecule has 2 aromatic rings. The highest BCUT2D eigenvalue weighted by atomic mass is 32.2. The van der Waals surface area contributed by atoms with Gasteiger partial charge in [0.2, 0.25) is 10.0 Å². The van der Waals surface area contributed by atoms with Crippen molar-refractivity contribution in [2.24, 2.45) is 0 Å². The van der Waals surface area contributed by atoms with E-state index in [0.29, 0.717) is 18.0 Å². The molecular formula is C22H33N3O2S. The second-order valence-corrected chi connectivity index (χ2v) is 8.52. The largest absolute Gasteiger partial charge is 0.340 e. The molecule has 0 amide bonds. The van der Waals surface area contributed by atoms with Crippen LogP contribution in [-0.4, -0.2) is 46.0 Å². The fraction of sp³-hybridized carbons (Fsp3) is 0.455. The van der Waals surface area contributed by atoms with Gasteiger partial charge in [0.1, 0.15) is 4.90 Å². The summed E-state index contributed by atoms with van der Waals surface area (Å²) in [5, 5.41) is 0. The highest BCUT2D eigenvalue weighted by Gasteiger charge is 2.23. The highest BCUT2D eigenvalue weighted by Crippen LogP contribution is 2.34. The van der Waals surface area contributed by atoms with Crippen molar-refractivity contribution in [1.29, 1.82) is 0 Å². The van der Waals surface area contributed by atoms with E-state index in [-0.39, 0.29) is 0 Å². The Kier molecular flexibility index (Phi) is 8.48. The minimum absolute atomic E-state index is 0.334. The number of nitrogens with one attached hydrogen (secondary N) is 1. The molecule has 28 heavy (non-hydrogen) atoms. The van der Waals surface area contributed by atoms with Gasteiger partial charge in [-0.05, 0) is 63.7 Å². The van der Waals surface area contributed by atoms with Gasteiger partial charge in [-0.15, -0.1) is 0 Å². The van der Waals surface area contributed by atoms with Crippen LogP contribution in [0.25, 0.3) is 0 Å². The Bertz CT molecular complexity index is 834. The normalized spacial score (nSPS) is 11.8. The Morgan fingerprint density at radius 2 is 1.57 bits per heavy atom. The molecule has 0 saturated carbocycles. The molecular weight excluding hydrogens is 370 g/mol. The molecule has 2 aromatic carbocycles. The minimum Gasteiger partial charge on any atom is -0.340 e. The first kappa shape index (κ1) is 22.4. The summed E-state index contributed by atoms with van der Waals surface area (Å²) in [5.41, 5.74) is 2.67. The summed E-state index contributed by atoms with van der Waals surface area (Å²) in [5.74, 6) is 0. The number of hydrogen-bond acceptors (Lipinski definition) is 4. The molecule has 5 nitrogen and oxygen atoms in total. The van der Waals surface area contributed by atoms with E-state index in [9.17, 15) is 8.42 Å². The Labute approximate surface area is 170 Å². The van der Waals surface area contributed by atoms with Gasteiger partial charge in [0.25, 0.3) is 0 Å². The fourth-order valence-electron chi connectivity index (χ4n) is 3.40. The SMILES string of the molecule is CCN(CC)CCCNS(=O)(=O)c1cccc(C)c1N(CC)c1ccccc1. The molecule has 0 heterocycles. The lowest BCUT2D eigenvalue weighted by Crippen LogP contribution is -2.31. The fourth-order valence-corrected chi connectivity index (χ4v) is 4.75. The molecule has 2 rings (SSSR count). The van der Waals surface area contributed by atoms with Crippen molar-refractivity contribution in [1.82, 2.24) is 9.62 Å². The van der Waals surface area contributed by atoms with Gasteiger partial charge in [0.05, 0.1) is 5.69 Å². The summed E-state index contributed by atoms with van der Waals surface area (Å²) in [6.45, 7) is 12.2. The molecule has 154 valence electrons. The topological polar surface area (TPSA) is 52.7 Å². The number of sulfonamides is 1. The van der Waals surface area contributed by atoms with Gasteiger partial charge in [0.15, 0.2) is 0 Å². The standard InChI is InChI=1S/C22H33N3O2S/c1-5-24(6-2)18-12-17-23-28(26,27)21-16-11-13-19(4)22(21)25(7-3)20-14-9-8-10-15-20/h8-11,13-16,23H,5-7,12,17-18H2,1-4H3. The van der Waals surface area contributed by atoms with Gasteiger partial charge >= 0.3 is 0 Å². The molecule has 0 aromatic heterocycles.